The van der Waals surface area contributed by atoms with Gasteiger partial charge in [-0.15, -0.1) is 0 Å². The van der Waals surface area contributed by atoms with Gasteiger partial charge in [0.25, 0.3) is 0 Å². The smallest absolute Gasteiger partial charge is 0.0540 e. The van der Waals surface area contributed by atoms with Gasteiger partial charge < -0.3 is 14.7 Å². The Labute approximate surface area is 416 Å². The summed E-state index contributed by atoms with van der Waals surface area (Å²) in [5.41, 5.74) is 17.0. The van der Waals surface area contributed by atoms with E-state index in [1.807, 2.05) is 0 Å². The van der Waals surface area contributed by atoms with Crippen molar-refractivity contribution in [3.8, 4) is 33.4 Å². The standard InChI is InChI=1S/C68H49N3/c1-4-16-50(17-5-1)51-30-40-60(41-31-51)69(61-42-32-52(33-43-61)54-36-46-63(47-37-54)70(58-22-6-2-7-23-58)67-28-14-20-56-18-10-12-26-65(56)67)62-44-34-53(35-45-62)55-38-48-64(49-39-55)71(59-24-8-3-9-25-59)68-29-15-21-57-19-11-13-27-66(57)68/h1-49H. The summed E-state index contributed by atoms with van der Waals surface area (Å²) >= 11 is 0. The summed E-state index contributed by atoms with van der Waals surface area (Å²) in [5, 5.41) is 4.86. The Morgan fingerprint density at radius 1 is 0.155 bits per heavy atom. The predicted octanol–water partition coefficient (Wildman–Crippen LogP) is 19.4. The lowest BCUT2D eigenvalue weighted by Gasteiger charge is -2.27. The molecule has 0 fully saturated rings. The number of nitrogens with zero attached hydrogens (tertiary/aromatic N) is 3. The van der Waals surface area contributed by atoms with Gasteiger partial charge in [-0.25, -0.2) is 0 Å². The van der Waals surface area contributed by atoms with Gasteiger partial charge in [0.1, 0.15) is 0 Å². The number of benzene rings is 12. The Hall–Kier alpha value is -9.44. The largest absolute Gasteiger partial charge is 0.311 e. The minimum absolute atomic E-state index is 1.08. The molecular formula is C68H49N3. The lowest BCUT2D eigenvalue weighted by molar-refractivity contribution is 1.28. The molecule has 0 N–H and O–H groups in total. The van der Waals surface area contributed by atoms with Crippen LogP contribution in [0.1, 0.15) is 0 Å². The first kappa shape index (κ1) is 42.9. The summed E-state index contributed by atoms with van der Waals surface area (Å²) in [5.74, 6) is 0. The minimum Gasteiger partial charge on any atom is -0.311 e. The SMILES string of the molecule is c1ccc(-c2ccc(N(c3ccc(-c4ccc(N(c5ccccc5)c5cccc6ccccc56)cc4)cc3)c3ccc(-c4ccc(N(c5ccccc5)c5cccc6ccccc56)cc4)cc3)cc2)cc1. The van der Waals surface area contributed by atoms with Crippen LogP contribution in [0.3, 0.4) is 0 Å². The molecule has 12 aromatic rings. The van der Waals surface area contributed by atoms with Crippen molar-refractivity contribution in [3.05, 3.63) is 297 Å². The number of para-hydroxylation sites is 2. The molecule has 0 saturated heterocycles. The molecule has 71 heavy (non-hydrogen) atoms. The van der Waals surface area contributed by atoms with E-state index in [9.17, 15) is 0 Å². The van der Waals surface area contributed by atoms with Crippen LogP contribution < -0.4 is 14.7 Å². The number of hydrogen-bond acceptors (Lipinski definition) is 3. The first-order valence-electron chi connectivity index (χ1n) is 24.2. The quantitative estimate of drug-likeness (QED) is 0.121. The van der Waals surface area contributed by atoms with E-state index in [-0.39, 0.29) is 0 Å². The van der Waals surface area contributed by atoms with E-state index in [4.69, 9.17) is 0 Å². The van der Waals surface area contributed by atoms with Crippen LogP contribution in [0.2, 0.25) is 0 Å². The fraction of sp³-hybridized carbons (Fsp3) is 0. The maximum absolute atomic E-state index is 2.35. The lowest BCUT2D eigenvalue weighted by Crippen LogP contribution is -2.10. The predicted molar refractivity (Wildman–Crippen MR) is 302 cm³/mol. The molecule has 0 radical (unpaired) electrons. The Balaban J connectivity index is 0.854. The molecule has 0 aromatic heterocycles. The van der Waals surface area contributed by atoms with E-state index < -0.39 is 0 Å². The van der Waals surface area contributed by atoms with Gasteiger partial charge >= 0.3 is 0 Å². The first-order valence-corrected chi connectivity index (χ1v) is 24.2. The zero-order valence-electron chi connectivity index (χ0n) is 39.1. The van der Waals surface area contributed by atoms with Crippen LogP contribution in [-0.4, -0.2) is 0 Å². The van der Waals surface area contributed by atoms with Crippen molar-refractivity contribution in [1.29, 1.82) is 0 Å². The molecule has 12 rings (SSSR count). The van der Waals surface area contributed by atoms with E-state index in [0.29, 0.717) is 0 Å². The van der Waals surface area contributed by atoms with E-state index in [1.54, 1.807) is 0 Å². The molecule has 0 spiro atoms. The van der Waals surface area contributed by atoms with Crippen molar-refractivity contribution < 1.29 is 0 Å². The Morgan fingerprint density at radius 3 is 0.732 bits per heavy atom. The summed E-state index contributed by atoms with van der Waals surface area (Å²) in [6.45, 7) is 0. The van der Waals surface area contributed by atoms with Gasteiger partial charge in [-0.1, -0.05) is 200 Å². The van der Waals surface area contributed by atoms with Gasteiger partial charge in [0, 0.05) is 50.6 Å². The van der Waals surface area contributed by atoms with E-state index in [2.05, 4.69) is 312 Å². The Morgan fingerprint density at radius 2 is 0.394 bits per heavy atom. The number of hydrogen-bond donors (Lipinski definition) is 0. The molecule has 12 aromatic carbocycles. The van der Waals surface area contributed by atoms with E-state index in [0.717, 1.165) is 73.4 Å². The first-order chi connectivity index (χ1) is 35.2. The van der Waals surface area contributed by atoms with Crippen molar-refractivity contribution in [2.45, 2.75) is 0 Å². The van der Waals surface area contributed by atoms with Crippen LogP contribution in [0, 0.1) is 0 Å². The zero-order chi connectivity index (χ0) is 47.3. The van der Waals surface area contributed by atoms with Crippen LogP contribution in [0.25, 0.3) is 54.9 Å². The number of anilines is 9. The van der Waals surface area contributed by atoms with Crippen molar-refractivity contribution in [2.75, 3.05) is 14.7 Å². The molecule has 0 aliphatic carbocycles. The fourth-order valence-electron chi connectivity index (χ4n) is 9.91. The van der Waals surface area contributed by atoms with E-state index in [1.165, 1.54) is 32.7 Å². The normalized spacial score (nSPS) is 11.1. The van der Waals surface area contributed by atoms with Gasteiger partial charge in [-0.3, -0.25) is 0 Å². The number of fused-ring (bicyclic) bond motifs is 2. The van der Waals surface area contributed by atoms with Gasteiger partial charge in [-0.05, 0) is 141 Å². The second-order valence-electron chi connectivity index (χ2n) is 17.8. The molecular weight excluding hydrogens is 859 g/mol. The molecule has 3 heteroatoms. The van der Waals surface area contributed by atoms with Gasteiger partial charge in [0.05, 0.1) is 11.4 Å². The van der Waals surface area contributed by atoms with Crippen LogP contribution in [0.5, 0.6) is 0 Å². The van der Waals surface area contributed by atoms with Crippen LogP contribution in [0.4, 0.5) is 51.2 Å². The van der Waals surface area contributed by atoms with Crippen molar-refractivity contribution >= 4 is 72.7 Å². The van der Waals surface area contributed by atoms with Crippen LogP contribution in [-0.2, 0) is 0 Å². The van der Waals surface area contributed by atoms with Gasteiger partial charge in [-0.2, -0.15) is 0 Å². The third kappa shape index (κ3) is 8.69. The average molecular weight is 908 g/mol. The molecule has 336 valence electrons. The molecule has 0 unspecified atom stereocenters. The van der Waals surface area contributed by atoms with Crippen LogP contribution in [0.15, 0.2) is 297 Å². The monoisotopic (exact) mass is 907 g/mol. The molecule has 0 atom stereocenters. The van der Waals surface area contributed by atoms with Gasteiger partial charge in [0.15, 0.2) is 0 Å². The Kier molecular flexibility index (Phi) is 11.6. The average Bonchev–Trinajstić information content (AvgIpc) is 3.45. The molecule has 0 saturated carbocycles. The third-order valence-corrected chi connectivity index (χ3v) is 13.4. The third-order valence-electron chi connectivity index (χ3n) is 13.4. The molecule has 0 aliphatic heterocycles. The fourth-order valence-corrected chi connectivity index (χ4v) is 9.91. The second-order valence-corrected chi connectivity index (χ2v) is 17.8. The van der Waals surface area contributed by atoms with Crippen molar-refractivity contribution in [1.82, 2.24) is 0 Å². The maximum Gasteiger partial charge on any atom is 0.0540 e. The minimum atomic E-state index is 1.08. The highest BCUT2D eigenvalue weighted by Crippen LogP contribution is 2.43. The Bertz CT molecular complexity index is 3490. The number of rotatable bonds is 12. The molecule has 0 amide bonds. The maximum atomic E-state index is 2.35. The highest BCUT2D eigenvalue weighted by atomic mass is 15.2. The molecule has 0 bridgehead atoms. The van der Waals surface area contributed by atoms with Crippen LogP contribution >= 0.6 is 0 Å². The molecule has 3 nitrogen and oxygen atoms in total. The zero-order valence-corrected chi connectivity index (χ0v) is 39.1. The summed E-state index contributed by atoms with van der Waals surface area (Å²) in [4.78, 5) is 7.05. The topological polar surface area (TPSA) is 9.72 Å². The summed E-state index contributed by atoms with van der Waals surface area (Å²) in [6.07, 6.45) is 0. The highest BCUT2D eigenvalue weighted by Gasteiger charge is 2.18. The van der Waals surface area contributed by atoms with Gasteiger partial charge in [0.2, 0.25) is 0 Å². The lowest BCUT2D eigenvalue weighted by atomic mass is 10.0. The summed E-state index contributed by atoms with van der Waals surface area (Å²) in [6, 6.07) is 107. The summed E-state index contributed by atoms with van der Waals surface area (Å²) in [7, 11) is 0. The highest BCUT2D eigenvalue weighted by molar-refractivity contribution is 6.00. The molecule has 0 aliphatic rings. The second kappa shape index (κ2) is 19.3. The summed E-state index contributed by atoms with van der Waals surface area (Å²) < 4.78 is 0. The molecule has 0 heterocycles. The van der Waals surface area contributed by atoms with Crippen molar-refractivity contribution in [3.63, 3.8) is 0 Å². The van der Waals surface area contributed by atoms with Crippen molar-refractivity contribution in [2.24, 2.45) is 0 Å². The van der Waals surface area contributed by atoms with E-state index >= 15 is 0 Å².